The van der Waals surface area contributed by atoms with Crippen LogP contribution in [0.3, 0.4) is 0 Å². The molecule has 6 nitrogen and oxygen atoms in total. The quantitative estimate of drug-likeness (QED) is 0.0261. The molecule has 1 unspecified atom stereocenters. The minimum Gasteiger partial charge on any atom is -0.462 e. The molecule has 0 bridgehead atoms. The van der Waals surface area contributed by atoms with E-state index in [0.717, 1.165) is 128 Å². The molecular formula is C70H118O6. The van der Waals surface area contributed by atoms with E-state index in [2.05, 4.69) is 130 Å². The molecule has 0 heterocycles. The number of carbonyl (C=O) groups is 3. The topological polar surface area (TPSA) is 78.9 Å². The number of carbonyl (C=O) groups excluding carboxylic acids is 3. The van der Waals surface area contributed by atoms with Gasteiger partial charge in [-0.2, -0.15) is 0 Å². The Labute approximate surface area is 470 Å². The maximum atomic E-state index is 12.8. The average Bonchev–Trinajstić information content (AvgIpc) is 3.42. The lowest BCUT2D eigenvalue weighted by atomic mass is 10.0. The highest BCUT2D eigenvalue weighted by Crippen LogP contribution is 2.17. The second-order valence-corrected chi connectivity index (χ2v) is 20.9. The molecule has 1 atom stereocenters. The zero-order chi connectivity index (χ0) is 55.0. The van der Waals surface area contributed by atoms with Crippen molar-refractivity contribution >= 4 is 17.9 Å². The highest BCUT2D eigenvalue weighted by molar-refractivity contribution is 5.71. The number of hydrogen-bond acceptors (Lipinski definition) is 6. The second-order valence-electron chi connectivity index (χ2n) is 20.9. The zero-order valence-electron chi connectivity index (χ0n) is 49.7. The third kappa shape index (κ3) is 60.9. The molecule has 0 radical (unpaired) electrons. The third-order valence-corrected chi connectivity index (χ3v) is 13.5. The van der Waals surface area contributed by atoms with E-state index in [4.69, 9.17) is 14.2 Å². The molecule has 0 aliphatic carbocycles. The Balaban J connectivity index is 3.99. The van der Waals surface area contributed by atoms with Crippen LogP contribution in [0, 0.1) is 0 Å². The largest absolute Gasteiger partial charge is 0.462 e. The summed E-state index contributed by atoms with van der Waals surface area (Å²) in [6.07, 6.45) is 87.2. The molecule has 0 fully saturated rings. The molecule has 0 aromatic carbocycles. The molecule has 0 aliphatic rings. The predicted octanol–water partition coefficient (Wildman–Crippen LogP) is 21.8. The SMILES string of the molecule is CC/C=C\C/C=C\C/C=C\C/C=C\C/C=C\CCCCCCCCCCCCCCCCCCCCCC(=O)OCC(COC(=O)CCCCCCCC)OC(=O)CCCCCC/C=C\C/C=C\C/C=C\C/C=C\CC. The van der Waals surface area contributed by atoms with Gasteiger partial charge in [-0.3, -0.25) is 14.4 Å². The summed E-state index contributed by atoms with van der Waals surface area (Å²) in [6, 6.07) is 0. The van der Waals surface area contributed by atoms with Crippen LogP contribution in [0.25, 0.3) is 0 Å². The van der Waals surface area contributed by atoms with Crippen molar-refractivity contribution in [3.05, 3.63) is 109 Å². The number of unbranched alkanes of at least 4 members (excludes halogenated alkanes) is 28. The average molecular weight is 1060 g/mol. The van der Waals surface area contributed by atoms with Gasteiger partial charge in [0, 0.05) is 19.3 Å². The van der Waals surface area contributed by atoms with Gasteiger partial charge in [-0.15, -0.1) is 0 Å². The lowest BCUT2D eigenvalue weighted by Gasteiger charge is -2.18. The van der Waals surface area contributed by atoms with Gasteiger partial charge in [0.05, 0.1) is 0 Å². The molecule has 0 saturated carbocycles. The van der Waals surface area contributed by atoms with Crippen LogP contribution in [0.5, 0.6) is 0 Å². The van der Waals surface area contributed by atoms with Crippen LogP contribution in [0.1, 0.15) is 297 Å². The van der Waals surface area contributed by atoms with E-state index in [1.807, 2.05) is 0 Å². The maximum absolute atomic E-state index is 12.8. The van der Waals surface area contributed by atoms with E-state index >= 15 is 0 Å². The summed E-state index contributed by atoms with van der Waals surface area (Å²) in [5.41, 5.74) is 0. The minimum atomic E-state index is -0.786. The standard InChI is InChI=1S/C70H118O6/c1-4-7-10-13-16-18-20-22-24-26-27-28-29-30-31-32-33-34-35-36-37-38-39-40-41-42-43-45-46-48-50-52-54-57-60-63-69(72)75-66-67(65-74-68(71)62-59-56-15-12-9-6-3)76-70(73)64-61-58-55-53-51-49-47-44-25-23-21-19-17-14-11-8-5-2/h7-8,10-11,16-19,22-25,27-28,30-31,47,49,67H,4-6,9,12-15,20-21,26,29,32-46,48,50-66H2,1-3H3/b10-7-,11-8-,18-16-,19-17-,24-22-,25-23-,28-27-,31-30-,49-47-. The third-order valence-electron chi connectivity index (χ3n) is 13.5. The first kappa shape index (κ1) is 72.1. The maximum Gasteiger partial charge on any atom is 0.306 e. The fourth-order valence-electron chi connectivity index (χ4n) is 8.81. The normalized spacial score (nSPS) is 12.8. The molecule has 0 aromatic heterocycles. The molecule has 76 heavy (non-hydrogen) atoms. The minimum absolute atomic E-state index is 0.0853. The van der Waals surface area contributed by atoms with Gasteiger partial charge in [0.2, 0.25) is 0 Å². The van der Waals surface area contributed by atoms with Crippen molar-refractivity contribution in [2.24, 2.45) is 0 Å². The Bertz CT molecular complexity index is 1540. The van der Waals surface area contributed by atoms with Crippen molar-refractivity contribution in [3.8, 4) is 0 Å². The summed E-state index contributed by atoms with van der Waals surface area (Å²) < 4.78 is 16.8. The van der Waals surface area contributed by atoms with Crippen LogP contribution < -0.4 is 0 Å². The predicted molar refractivity (Wildman–Crippen MR) is 330 cm³/mol. The smallest absolute Gasteiger partial charge is 0.306 e. The van der Waals surface area contributed by atoms with Crippen LogP contribution >= 0.6 is 0 Å². The Morgan fingerprint density at radius 3 is 0.803 bits per heavy atom. The number of ether oxygens (including phenoxy) is 3. The number of allylic oxidation sites excluding steroid dienone is 18. The fraction of sp³-hybridized carbons (Fsp3) is 0.700. The number of hydrogen-bond donors (Lipinski definition) is 0. The molecule has 0 rings (SSSR count). The Kier molecular flexibility index (Phi) is 60.3. The summed E-state index contributed by atoms with van der Waals surface area (Å²) >= 11 is 0. The van der Waals surface area contributed by atoms with E-state index < -0.39 is 6.10 Å². The molecule has 6 heteroatoms. The van der Waals surface area contributed by atoms with Gasteiger partial charge in [-0.1, -0.05) is 284 Å². The highest BCUT2D eigenvalue weighted by atomic mass is 16.6. The van der Waals surface area contributed by atoms with Crippen molar-refractivity contribution in [1.82, 2.24) is 0 Å². The van der Waals surface area contributed by atoms with Gasteiger partial charge in [0.25, 0.3) is 0 Å². The lowest BCUT2D eigenvalue weighted by Crippen LogP contribution is -2.30. The van der Waals surface area contributed by atoms with Gasteiger partial charge >= 0.3 is 17.9 Å². The second kappa shape index (κ2) is 63.6. The molecule has 0 aliphatic heterocycles. The Morgan fingerprint density at radius 2 is 0.513 bits per heavy atom. The van der Waals surface area contributed by atoms with Crippen molar-refractivity contribution in [3.63, 3.8) is 0 Å². The molecular weight excluding hydrogens is 937 g/mol. The summed E-state index contributed by atoms with van der Waals surface area (Å²) in [6.45, 7) is 6.34. The van der Waals surface area contributed by atoms with Gasteiger partial charge in [-0.25, -0.2) is 0 Å². The molecule has 0 N–H and O–H groups in total. The van der Waals surface area contributed by atoms with E-state index in [1.165, 1.54) is 128 Å². The van der Waals surface area contributed by atoms with E-state index in [1.54, 1.807) is 0 Å². The molecule has 434 valence electrons. The zero-order valence-corrected chi connectivity index (χ0v) is 49.7. The first-order chi connectivity index (χ1) is 37.5. The first-order valence-corrected chi connectivity index (χ1v) is 31.9. The Morgan fingerprint density at radius 1 is 0.276 bits per heavy atom. The fourth-order valence-corrected chi connectivity index (χ4v) is 8.81. The van der Waals surface area contributed by atoms with Gasteiger partial charge in [-0.05, 0) is 103 Å². The number of rotatable bonds is 57. The molecule has 0 aromatic rings. The summed E-state index contributed by atoms with van der Waals surface area (Å²) in [4.78, 5) is 37.9. The Hall–Kier alpha value is -3.93. The summed E-state index contributed by atoms with van der Waals surface area (Å²) in [5, 5.41) is 0. The first-order valence-electron chi connectivity index (χ1n) is 31.9. The van der Waals surface area contributed by atoms with Gasteiger partial charge in [0.1, 0.15) is 13.2 Å². The van der Waals surface area contributed by atoms with Crippen LogP contribution in [-0.2, 0) is 28.6 Å². The summed E-state index contributed by atoms with van der Waals surface area (Å²) in [7, 11) is 0. The van der Waals surface area contributed by atoms with Crippen LogP contribution in [0.4, 0.5) is 0 Å². The lowest BCUT2D eigenvalue weighted by molar-refractivity contribution is -0.167. The van der Waals surface area contributed by atoms with Gasteiger partial charge in [0.15, 0.2) is 6.10 Å². The molecule has 0 amide bonds. The molecule has 0 spiro atoms. The van der Waals surface area contributed by atoms with Crippen LogP contribution in [-0.4, -0.2) is 37.2 Å². The van der Waals surface area contributed by atoms with Gasteiger partial charge < -0.3 is 14.2 Å². The van der Waals surface area contributed by atoms with Crippen molar-refractivity contribution < 1.29 is 28.6 Å². The van der Waals surface area contributed by atoms with Crippen LogP contribution in [0.15, 0.2) is 109 Å². The monoisotopic (exact) mass is 1050 g/mol. The van der Waals surface area contributed by atoms with Crippen molar-refractivity contribution in [1.29, 1.82) is 0 Å². The van der Waals surface area contributed by atoms with Crippen molar-refractivity contribution in [2.45, 2.75) is 303 Å². The molecule has 0 saturated heterocycles. The summed E-state index contributed by atoms with van der Waals surface area (Å²) in [5.74, 6) is -0.913. The number of esters is 3. The van der Waals surface area contributed by atoms with E-state index in [9.17, 15) is 14.4 Å². The van der Waals surface area contributed by atoms with Crippen LogP contribution in [0.2, 0.25) is 0 Å². The van der Waals surface area contributed by atoms with E-state index in [0.29, 0.717) is 19.3 Å². The highest BCUT2D eigenvalue weighted by Gasteiger charge is 2.19. The van der Waals surface area contributed by atoms with Crippen molar-refractivity contribution in [2.75, 3.05) is 13.2 Å². The van der Waals surface area contributed by atoms with E-state index in [-0.39, 0.29) is 31.1 Å².